The van der Waals surface area contributed by atoms with E-state index in [0.29, 0.717) is 0 Å². The van der Waals surface area contributed by atoms with Crippen molar-refractivity contribution >= 4 is 12.4 Å². The molecule has 0 aromatic rings. The van der Waals surface area contributed by atoms with Crippen LogP contribution in [0.15, 0.2) is 0 Å². The van der Waals surface area contributed by atoms with E-state index in [1.807, 2.05) is 0 Å². The van der Waals surface area contributed by atoms with Gasteiger partial charge in [0.1, 0.15) is 0 Å². The van der Waals surface area contributed by atoms with Crippen LogP contribution in [0, 0.1) is 5.92 Å². The maximum absolute atomic E-state index is 9.32. The van der Waals surface area contributed by atoms with Gasteiger partial charge in [0.05, 0.1) is 24.4 Å². The van der Waals surface area contributed by atoms with Crippen LogP contribution in [-0.4, -0.2) is 51.4 Å². The average Bonchev–Trinajstić information content (AvgIpc) is 2.08. The summed E-state index contributed by atoms with van der Waals surface area (Å²) >= 11 is 0. The first-order valence-corrected chi connectivity index (χ1v) is 3.98. The molecule has 0 radical (unpaired) electrons. The third-order valence-electron chi connectivity index (χ3n) is 2.45. The van der Waals surface area contributed by atoms with Crippen molar-refractivity contribution in [3.63, 3.8) is 0 Å². The zero-order valence-electron chi connectivity index (χ0n) is 7.08. The smallest absolute Gasteiger partial charge is 0.0978 e. The van der Waals surface area contributed by atoms with Crippen LogP contribution in [0.5, 0.6) is 0 Å². The third-order valence-corrected chi connectivity index (χ3v) is 2.45. The van der Waals surface area contributed by atoms with Gasteiger partial charge in [0.2, 0.25) is 0 Å². The van der Waals surface area contributed by atoms with Crippen LogP contribution < -0.4 is 5.73 Å². The summed E-state index contributed by atoms with van der Waals surface area (Å²) < 4.78 is 0. The second-order valence-electron chi connectivity index (χ2n) is 3.30. The van der Waals surface area contributed by atoms with Crippen molar-refractivity contribution in [1.82, 2.24) is 0 Å². The molecule has 1 rings (SSSR count). The summed E-state index contributed by atoms with van der Waals surface area (Å²) in [6, 6.07) is -0.817. The van der Waals surface area contributed by atoms with Crippen molar-refractivity contribution in [3.05, 3.63) is 0 Å². The van der Waals surface area contributed by atoms with Crippen molar-refractivity contribution in [2.75, 3.05) is 6.61 Å². The Bertz CT molecular complexity index is 155. The van der Waals surface area contributed by atoms with Gasteiger partial charge in [0.25, 0.3) is 0 Å². The Labute approximate surface area is 82.6 Å². The summed E-state index contributed by atoms with van der Waals surface area (Å²) in [4.78, 5) is 0. The fraction of sp³-hybridized carbons (Fsp3) is 1.00. The van der Waals surface area contributed by atoms with Crippen LogP contribution >= 0.6 is 12.4 Å². The molecule has 0 aromatic heterocycles. The Morgan fingerprint density at radius 2 is 1.69 bits per heavy atom. The summed E-state index contributed by atoms with van der Waals surface area (Å²) in [5, 5.41) is 36.6. The standard InChI is InChI=1S/C7H15NO4.ClH/c8-5-4(10)1-3(2-9)6(11)7(5)12;/h3-7,9-12H,1-2,8H2;1H/t3-,4+,5+,6-,7-;/m1./s1. The second kappa shape index (κ2) is 5.09. The average molecular weight is 214 g/mol. The first-order chi connectivity index (χ1) is 5.57. The Morgan fingerprint density at radius 3 is 2.15 bits per heavy atom. The first-order valence-electron chi connectivity index (χ1n) is 3.98. The molecule has 13 heavy (non-hydrogen) atoms. The van der Waals surface area contributed by atoms with Gasteiger partial charge in [-0.3, -0.25) is 0 Å². The number of nitrogens with two attached hydrogens (primary N) is 1. The number of hydrogen-bond acceptors (Lipinski definition) is 5. The lowest BCUT2D eigenvalue weighted by Gasteiger charge is -2.38. The molecule has 0 unspecified atom stereocenters. The Kier molecular flexibility index (Phi) is 5.13. The van der Waals surface area contributed by atoms with Gasteiger partial charge in [-0.2, -0.15) is 0 Å². The van der Waals surface area contributed by atoms with Crippen molar-refractivity contribution < 1.29 is 20.4 Å². The minimum atomic E-state index is -1.15. The zero-order chi connectivity index (χ0) is 9.30. The topological polar surface area (TPSA) is 107 Å². The highest BCUT2D eigenvalue weighted by atomic mass is 35.5. The minimum absolute atomic E-state index is 0. The van der Waals surface area contributed by atoms with E-state index in [9.17, 15) is 15.3 Å². The number of hydrogen-bond donors (Lipinski definition) is 5. The fourth-order valence-corrected chi connectivity index (χ4v) is 1.52. The molecule has 0 aromatic carbocycles. The first kappa shape index (κ1) is 13.1. The van der Waals surface area contributed by atoms with Gasteiger partial charge in [-0.05, 0) is 6.42 Å². The Balaban J connectivity index is 0.00000144. The molecule has 1 fully saturated rings. The summed E-state index contributed by atoms with van der Waals surface area (Å²) in [5.41, 5.74) is 5.39. The molecule has 0 heterocycles. The van der Waals surface area contributed by atoms with E-state index >= 15 is 0 Å². The third kappa shape index (κ3) is 2.52. The molecule has 1 aliphatic rings. The lowest BCUT2D eigenvalue weighted by Crippen LogP contribution is -2.58. The predicted octanol–water partition coefficient (Wildman–Crippen LogP) is -2.17. The van der Waals surface area contributed by atoms with E-state index in [0.717, 1.165) is 0 Å². The van der Waals surface area contributed by atoms with Gasteiger partial charge in [0, 0.05) is 12.5 Å². The highest BCUT2D eigenvalue weighted by Gasteiger charge is 2.40. The molecule has 5 nitrogen and oxygen atoms in total. The summed E-state index contributed by atoms with van der Waals surface area (Å²) in [6.45, 7) is -0.248. The molecule has 0 spiro atoms. The van der Waals surface area contributed by atoms with Gasteiger partial charge in [-0.25, -0.2) is 0 Å². The van der Waals surface area contributed by atoms with E-state index in [-0.39, 0.29) is 25.4 Å². The lowest BCUT2D eigenvalue weighted by molar-refractivity contribution is -0.106. The van der Waals surface area contributed by atoms with Crippen LogP contribution in [0.1, 0.15) is 6.42 Å². The molecule has 1 aliphatic carbocycles. The van der Waals surface area contributed by atoms with E-state index in [1.165, 1.54) is 0 Å². The molecule has 6 heteroatoms. The molecular formula is C7H16ClNO4. The summed E-state index contributed by atoms with van der Waals surface area (Å²) in [5.74, 6) is -0.477. The van der Waals surface area contributed by atoms with Crippen molar-refractivity contribution in [3.8, 4) is 0 Å². The molecule has 80 valence electrons. The SMILES string of the molecule is Cl.N[C@@H]1[C@@H](O)[C@H](O)[C@@H](CO)C[C@@H]1O. The largest absolute Gasteiger partial charge is 0.396 e. The van der Waals surface area contributed by atoms with Crippen LogP contribution in [0.25, 0.3) is 0 Å². The number of halogens is 1. The van der Waals surface area contributed by atoms with E-state index in [1.54, 1.807) is 0 Å². The molecule has 6 N–H and O–H groups in total. The van der Waals surface area contributed by atoms with Crippen molar-refractivity contribution in [1.29, 1.82) is 0 Å². The van der Waals surface area contributed by atoms with E-state index in [2.05, 4.69) is 0 Å². The maximum Gasteiger partial charge on any atom is 0.0978 e. The number of aliphatic hydroxyl groups excluding tert-OH is 4. The van der Waals surface area contributed by atoms with Crippen molar-refractivity contribution in [2.24, 2.45) is 11.7 Å². The Morgan fingerprint density at radius 1 is 1.15 bits per heavy atom. The highest BCUT2D eigenvalue weighted by molar-refractivity contribution is 5.85. The van der Waals surface area contributed by atoms with E-state index in [4.69, 9.17) is 10.8 Å². The summed E-state index contributed by atoms with van der Waals surface area (Å²) in [6.07, 6.45) is -2.80. The zero-order valence-corrected chi connectivity index (χ0v) is 7.89. The molecule has 0 aliphatic heterocycles. The summed E-state index contributed by atoms with van der Waals surface area (Å²) in [7, 11) is 0. The number of aliphatic hydroxyl groups is 4. The molecule has 1 saturated carbocycles. The predicted molar refractivity (Wildman–Crippen MR) is 48.4 cm³/mol. The van der Waals surface area contributed by atoms with Crippen LogP contribution in [0.3, 0.4) is 0 Å². The minimum Gasteiger partial charge on any atom is -0.396 e. The quantitative estimate of drug-likeness (QED) is 0.341. The van der Waals surface area contributed by atoms with Crippen molar-refractivity contribution in [2.45, 2.75) is 30.8 Å². The van der Waals surface area contributed by atoms with Crippen LogP contribution in [-0.2, 0) is 0 Å². The molecule has 0 bridgehead atoms. The monoisotopic (exact) mass is 213 g/mol. The molecular weight excluding hydrogens is 198 g/mol. The Hall–Kier alpha value is 0.0900. The van der Waals surface area contributed by atoms with E-state index < -0.39 is 30.3 Å². The van der Waals surface area contributed by atoms with Gasteiger partial charge >= 0.3 is 0 Å². The van der Waals surface area contributed by atoms with Crippen LogP contribution in [0.2, 0.25) is 0 Å². The van der Waals surface area contributed by atoms with Gasteiger partial charge < -0.3 is 26.2 Å². The molecule has 0 amide bonds. The van der Waals surface area contributed by atoms with Crippen LogP contribution in [0.4, 0.5) is 0 Å². The fourth-order valence-electron chi connectivity index (χ4n) is 1.52. The lowest BCUT2D eigenvalue weighted by atomic mass is 9.80. The van der Waals surface area contributed by atoms with Gasteiger partial charge in [0.15, 0.2) is 0 Å². The second-order valence-corrected chi connectivity index (χ2v) is 3.30. The maximum atomic E-state index is 9.32. The number of rotatable bonds is 1. The molecule has 5 atom stereocenters. The van der Waals surface area contributed by atoms with Gasteiger partial charge in [-0.15, -0.1) is 12.4 Å². The highest BCUT2D eigenvalue weighted by Crippen LogP contribution is 2.24. The molecule has 0 saturated heterocycles. The van der Waals surface area contributed by atoms with Gasteiger partial charge in [-0.1, -0.05) is 0 Å². The normalized spacial score (nSPS) is 45.5.